The van der Waals surface area contributed by atoms with E-state index in [-0.39, 0.29) is 17.7 Å². The minimum absolute atomic E-state index is 0.0275. The van der Waals surface area contributed by atoms with Gasteiger partial charge in [0.1, 0.15) is 0 Å². The average molecular weight is 399 g/mol. The molecule has 5 nitrogen and oxygen atoms in total. The number of carbonyl (C=O) groups is 2. The van der Waals surface area contributed by atoms with Crippen molar-refractivity contribution >= 4 is 28.4 Å². The number of amides is 2. The fourth-order valence-corrected chi connectivity index (χ4v) is 4.83. The first-order valence-corrected chi connectivity index (χ1v) is 10.7. The largest absolute Gasteiger partial charge is 0.334 e. The smallest absolute Gasteiger partial charge is 0.254 e. The molecular weight excluding hydrogens is 374 g/mol. The van der Waals surface area contributed by atoms with Crippen molar-refractivity contribution in [3.8, 4) is 0 Å². The van der Waals surface area contributed by atoms with Gasteiger partial charge in [0.05, 0.1) is 11.2 Å². The molecule has 5 rings (SSSR count). The van der Waals surface area contributed by atoms with E-state index in [9.17, 15) is 9.59 Å². The highest BCUT2D eigenvalue weighted by Crippen LogP contribution is 2.33. The summed E-state index contributed by atoms with van der Waals surface area (Å²) in [6, 6.07) is 17.6. The van der Waals surface area contributed by atoms with Crippen molar-refractivity contribution in [3.05, 3.63) is 71.9 Å². The number of pyridine rings is 1. The van der Waals surface area contributed by atoms with Gasteiger partial charge in [0.25, 0.3) is 5.91 Å². The van der Waals surface area contributed by atoms with Crippen molar-refractivity contribution in [1.82, 2.24) is 9.88 Å². The first-order valence-electron chi connectivity index (χ1n) is 10.7. The molecule has 1 N–H and O–H groups in total. The fourth-order valence-electron chi connectivity index (χ4n) is 4.83. The van der Waals surface area contributed by atoms with Gasteiger partial charge in [0.15, 0.2) is 0 Å². The molecule has 2 amide bonds. The fraction of sp³-hybridized carbons (Fsp3) is 0.320. The number of nitrogens with zero attached hydrogens (tertiary/aromatic N) is 2. The van der Waals surface area contributed by atoms with Crippen LogP contribution in [0.15, 0.2) is 60.8 Å². The molecule has 3 aromatic rings. The molecule has 0 unspecified atom stereocenters. The Morgan fingerprint density at radius 3 is 2.67 bits per heavy atom. The van der Waals surface area contributed by atoms with E-state index in [2.05, 4.69) is 10.3 Å². The van der Waals surface area contributed by atoms with Gasteiger partial charge in [0.2, 0.25) is 5.91 Å². The zero-order valence-corrected chi connectivity index (χ0v) is 16.9. The maximum Gasteiger partial charge on any atom is 0.254 e. The molecule has 0 radical (unpaired) electrons. The predicted octanol–water partition coefficient (Wildman–Crippen LogP) is 4.64. The van der Waals surface area contributed by atoms with Crippen molar-refractivity contribution < 1.29 is 9.59 Å². The summed E-state index contributed by atoms with van der Waals surface area (Å²) in [6.45, 7) is 1.50. The summed E-state index contributed by atoms with van der Waals surface area (Å²) in [5.41, 5.74) is 3.68. The maximum absolute atomic E-state index is 12.9. The third-order valence-corrected chi connectivity index (χ3v) is 6.50. The van der Waals surface area contributed by atoms with Gasteiger partial charge in [-0.2, -0.15) is 0 Å². The van der Waals surface area contributed by atoms with Gasteiger partial charge in [-0.15, -0.1) is 0 Å². The third-order valence-electron chi connectivity index (χ3n) is 6.50. The van der Waals surface area contributed by atoms with Crippen LogP contribution in [0.3, 0.4) is 0 Å². The standard InChI is InChI=1S/C25H25N3O2/c29-24(27-23-9-3-8-22-21(23)7-4-14-26-22)18-12-10-17(11-13-18)15-28-16-19-5-1-2-6-20(19)25(28)30/h1-9,14,17-18H,10-13,15-16H2,(H,27,29). The lowest BCUT2D eigenvalue weighted by Crippen LogP contribution is -2.34. The summed E-state index contributed by atoms with van der Waals surface area (Å²) in [4.78, 5) is 31.8. The predicted molar refractivity (Wildman–Crippen MR) is 117 cm³/mol. The van der Waals surface area contributed by atoms with Gasteiger partial charge in [0, 0.05) is 36.2 Å². The Kier molecular flexibility index (Phi) is 4.95. The Hall–Kier alpha value is -3.21. The van der Waals surface area contributed by atoms with Gasteiger partial charge in [-0.05, 0) is 67.5 Å². The summed E-state index contributed by atoms with van der Waals surface area (Å²) in [7, 11) is 0. The highest BCUT2D eigenvalue weighted by atomic mass is 16.2. The monoisotopic (exact) mass is 399 g/mol. The van der Waals surface area contributed by atoms with Crippen molar-refractivity contribution in [3.63, 3.8) is 0 Å². The number of hydrogen-bond donors (Lipinski definition) is 1. The minimum atomic E-state index is 0.0275. The Bertz CT molecular complexity index is 1100. The lowest BCUT2D eigenvalue weighted by Gasteiger charge is -2.30. The van der Waals surface area contributed by atoms with Crippen LogP contribution in [0.5, 0.6) is 0 Å². The third kappa shape index (κ3) is 3.56. The summed E-state index contributed by atoms with van der Waals surface area (Å²) in [5.74, 6) is 0.734. The van der Waals surface area contributed by atoms with Crippen LogP contribution >= 0.6 is 0 Å². The number of fused-ring (bicyclic) bond motifs is 2. The van der Waals surface area contributed by atoms with E-state index >= 15 is 0 Å². The lowest BCUT2D eigenvalue weighted by atomic mass is 9.81. The first-order chi connectivity index (χ1) is 14.7. The van der Waals surface area contributed by atoms with E-state index in [1.165, 1.54) is 0 Å². The Balaban J connectivity index is 1.17. The zero-order valence-electron chi connectivity index (χ0n) is 16.9. The molecular formula is C25H25N3O2. The molecule has 1 fully saturated rings. The van der Waals surface area contributed by atoms with E-state index in [1.54, 1.807) is 6.20 Å². The highest BCUT2D eigenvalue weighted by molar-refractivity contribution is 6.01. The van der Waals surface area contributed by atoms with Crippen LogP contribution < -0.4 is 5.32 Å². The van der Waals surface area contributed by atoms with Gasteiger partial charge in [-0.25, -0.2) is 0 Å². The van der Waals surface area contributed by atoms with Crippen LogP contribution in [0, 0.1) is 11.8 Å². The van der Waals surface area contributed by atoms with E-state index in [4.69, 9.17) is 0 Å². The molecule has 5 heteroatoms. The molecule has 0 bridgehead atoms. The quantitative estimate of drug-likeness (QED) is 0.695. The van der Waals surface area contributed by atoms with Crippen molar-refractivity contribution in [1.29, 1.82) is 0 Å². The van der Waals surface area contributed by atoms with Crippen LogP contribution in [0.25, 0.3) is 10.9 Å². The molecule has 30 heavy (non-hydrogen) atoms. The minimum Gasteiger partial charge on any atom is -0.334 e. The number of anilines is 1. The van der Waals surface area contributed by atoms with Crippen molar-refractivity contribution in [2.24, 2.45) is 11.8 Å². The first kappa shape index (κ1) is 18.8. The Morgan fingerprint density at radius 2 is 1.83 bits per heavy atom. The van der Waals surface area contributed by atoms with Crippen LogP contribution in [-0.4, -0.2) is 28.2 Å². The van der Waals surface area contributed by atoms with Crippen molar-refractivity contribution in [2.45, 2.75) is 32.2 Å². The number of hydrogen-bond acceptors (Lipinski definition) is 3. The van der Waals surface area contributed by atoms with Crippen molar-refractivity contribution in [2.75, 3.05) is 11.9 Å². The number of rotatable bonds is 4. The van der Waals surface area contributed by atoms with Gasteiger partial charge in [-0.3, -0.25) is 14.6 Å². The van der Waals surface area contributed by atoms with Crippen LogP contribution in [0.2, 0.25) is 0 Å². The maximum atomic E-state index is 12.9. The number of carbonyl (C=O) groups excluding carboxylic acids is 2. The molecule has 152 valence electrons. The normalized spacial score (nSPS) is 20.9. The second-order valence-electron chi connectivity index (χ2n) is 8.43. The van der Waals surface area contributed by atoms with Gasteiger partial charge < -0.3 is 10.2 Å². The highest BCUT2D eigenvalue weighted by Gasteiger charge is 2.32. The van der Waals surface area contributed by atoms with E-state index < -0.39 is 0 Å². The molecule has 0 saturated heterocycles. The van der Waals surface area contributed by atoms with E-state index in [0.717, 1.165) is 59.9 Å². The molecule has 2 heterocycles. The summed E-state index contributed by atoms with van der Waals surface area (Å²) in [5, 5.41) is 4.08. The average Bonchev–Trinajstić information content (AvgIpc) is 3.10. The molecule has 1 aliphatic carbocycles. The van der Waals surface area contributed by atoms with Gasteiger partial charge in [-0.1, -0.05) is 24.3 Å². The molecule has 0 atom stereocenters. The zero-order chi connectivity index (χ0) is 20.5. The summed E-state index contributed by atoms with van der Waals surface area (Å²) >= 11 is 0. The Morgan fingerprint density at radius 1 is 1.00 bits per heavy atom. The number of benzene rings is 2. The number of nitrogens with one attached hydrogen (secondary N) is 1. The second kappa shape index (κ2) is 7.90. The summed E-state index contributed by atoms with van der Waals surface area (Å²) in [6.07, 6.45) is 5.46. The molecule has 0 spiro atoms. The lowest BCUT2D eigenvalue weighted by molar-refractivity contribution is -0.121. The SMILES string of the molecule is O=C(Nc1cccc2ncccc12)C1CCC(CN2Cc3ccccc3C2=O)CC1. The number of aromatic nitrogens is 1. The second-order valence-corrected chi connectivity index (χ2v) is 8.43. The van der Waals surface area contributed by atoms with Crippen LogP contribution in [0.4, 0.5) is 5.69 Å². The van der Waals surface area contributed by atoms with E-state index in [1.807, 2.05) is 59.5 Å². The van der Waals surface area contributed by atoms with Crippen LogP contribution in [-0.2, 0) is 11.3 Å². The molecule has 2 aliphatic rings. The summed E-state index contributed by atoms with van der Waals surface area (Å²) < 4.78 is 0. The Labute approximate surface area is 176 Å². The molecule has 1 saturated carbocycles. The molecule has 1 aliphatic heterocycles. The molecule has 2 aromatic carbocycles. The topological polar surface area (TPSA) is 62.3 Å². The van der Waals surface area contributed by atoms with Gasteiger partial charge >= 0.3 is 0 Å². The van der Waals surface area contributed by atoms with E-state index in [0.29, 0.717) is 12.5 Å². The molecule has 1 aromatic heterocycles. The van der Waals surface area contributed by atoms with Crippen LogP contribution in [0.1, 0.15) is 41.6 Å².